The topological polar surface area (TPSA) is 58.6 Å². The Bertz CT molecular complexity index is 961. The van der Waals surface area contributed by atoms with Gasteiger partial charge in [0.15, 0.2) is 0 Å². The van der Waals surface area contributed by atoms with E-state index in [4.69, 9.17) is 16.3 Å². The van der Waals surface area contributed by atoms with Crippen LogP contribution >= 0.6 is 27.5 Å². The van der Waals surface area contributed by atoms with Crippen LogP contribution in [0.1, 0.15) is 33.6 Å². The normalized spacial score (nSPS) is 18.6. The van der Waals surface area contributed by atoms with E-state index in [9.17, 15) is 9.18 Å². The standard InChI is InChI=1S/C19H21BrClFN4O2/c1-18(2,3)28-17(27)25-6-7-26(19(10-25)4-5-19)15-11-8-13(22)12(20)9-14(11)23-16(21)24-15/h8-9H,4-7,10H2,1-3H3. The molecule has 150 valence electrons. The Balaban J connectivity index is 1.67. The molecular weight excluding hydrogens is 451 g/mol. The molecule has 1 saturated carbocycles. The number of hydrogen-bond acceptors (Lipinski definition) is 5. The molecule has 28 heavy (non-hydrogen) atoms. The lowest BCUT2D eigenvalue weighted by Gasteiger charge is -2.43. The summed E-state index contributed by atoms with van der Waals surface area (Å²) in [5.41, 5.74) is -0.177. The third kappa shape index (κ3) is 3.64. The number of aromatic nitrogens is 2. The number of ether oxygens (including phenoxy) is 1. The first kappa shape index (κ1) is 19.6. The number of amides is 1. The minimum absolute atomic E-state index is 0.117. The highest BCUT2D eigenvalue weighted by Crippen LogP contribution is 2.47. The summed E-state index contributed by atoms with van der Waals surface area (Å²) in [5.74, 6) is 0.236. The van der Waals surface area contributed by atoms with Crippen molar-refractivity contribution < 1.29 is 13.9 Å². The van der Waals surface area contributed by atoms with Gasteiger partial charge in [0.1, 0.15) is 17.2 Å². The average molecular weight is 472 g/mol. The second kappa shape index (κ2) is 6.69. The molecule has 2 aromatic rings. The van der Waals surface area contributed by atoms with Gasteiger partial charge in [-0.25, -0.2) is 14.2 Å². The van der Waals surface area contributed by atoms with E-state index < -0.39 is 5.60 Å². The van der Waals surface area contributed by atoms with Gasteiger partial charge in [0.2, 0.25) is 5.28 Å². The van der Waals surface area contributed by atoms with Crippen LogP contribution in [0.15, 0.2) is 16.6 Å². The Morgan fingerprint density at radius 3 is 2.64 bits per heavy atom. The summed E-state index contributed by atoms with van der Waals surface area (Å²) < 4.78 is 20.1. The van der Waals surface area contributed by atoms with E-state index in [1.54, 1.807) is 11.0 Å². The van der Waals surface area contributed by atoms with Gasteiger partial charge >= 0.3 is 6.09 Å². The molecule has 1 aromatic heterocycles. The van der Waals surface area contributed by atoms with Gasteiger partial charge in [0.25, 0.3) is 0 Å². The molecule has 2 aliphatic rings. The second-order valence-corrected chi connectivity index (χ2v) is 9.57. The number of anilines is 1. The van der Waals surface area contributed by atoms with Crippen molar-refractivity contribution in [1.82, 2.24) is 14.9 Å². The van der Waals surface area contributed by atoms with Crippen LogP contribution in [0.3, 0.4) is 0 Å². The Labute approximate surface area is 176 Å². The third-order valence-corrected chi connectivity index (χ3v) is 5.85. The van der Waals surface area contributed by atoms with E-state index in [0.29, 0.717) is 40.8 Å². The molecule has 9 heteroatoms. The molecule has 0 unspecified atom stereocenters. The first-order valence-electron chi connectivity index (χ1n) is 9.16. The number of carbonyl (C=O) groups excluding carboxylic acids is 1. The Kier molecular flexibility index (Phi) is 4.69. The number of halogens is 3. The fourth-order valence-corrected chi connectivity index (χ4v) is 4.15. The first-order chi connectivity index (χ1) is 13.1. The summed E-state index contributed by atoms with van der Waals surface area (Å²) in [5, 5.41) is 0.730. The molecule has 1 amide bonds. The molecule has 2 fully saturated rings. The molecule has 6 nitrogen and oxygen atoms in total. The molecule has 0 bridgehead atoms. The maximum atomic E-state index is 14.2. The van der Waals surface area contributed by atoms with Crippen LogP contribution in [0.2, 0.25) is 5.28 Å². The van der Waals surface area contributed by atoms with Gasteiger partial charge in [-0.1, -0.05) is 0 Å². The predicted octanol–water partition coefficient (Wildman–Crippen LogP) is 4.77. The van der Waals surface area contributed by atoms with Crippen molar-refractivity contribution in [2.75, 3.05) is 24.5 Å². The molecule has 4 rings (SSSR count). The van der Waals surface area contributed by atoms with E-state index in [2.05, 4.69) is 30.8 Å². The zero-order valence-corrected chi connectivity index (χ0v) is 18.3. The SMILES string of the molecule is CC(C)(C)OC(=O)N1CCN(c2nc(Cl)nc3cc(Br)c(F)cc23)C2(CC2)C1. The third-order valence-electron chi connectivity index (χ3n) is 5.08. The van der Waals surface area contributed by atoms with Crippen molar-refractivity contribution in [3.63, 3.8) is 0 Å². The summed E-state index contributed by atoms with van der Waals surface area (Å²) in [7, 11) is 0. The summed E-state index contributed by atoms with van der Waals surface area (Å²) in [6.45, 7) is 7.18. The van der Waals surface area contributed by atoms with Crippen LogP contribution in [-0.4, -0.2) is 51.7 Å². The van der Waals surface area contributed by atoms with Gasteiger partial charge in [-0.2, -0.15) is 4.98 Å². The highest BCUT2D eigenvalue weighted by molar-refractivity contribution is 9.10. The molecule has 1 aromatic carbocycles. The fraction of sp³-hybridized carbons (Fsp3) is 0.526. The van der Waals surface area contributed by atoms with E-state index in [-0.39, 0.29) is 22.7 Å². The maximum Gasteiger partial charge on any atom is 0.410 e. The lowest BCUT2D eigenvalue weighted by Crippen LogP contribution is -2.57. The number of nitrogens with zero attached hydrogens (tertiary/aromatic N) is 4. The highest BCUT2D eigenvalue weighted by atomic mass is 79.9. The van der Waals surface area contributed by atoms with E-state index >= 15 is 0 Å². The quantitative estimate of drug-likeness (QED) is 0.561. The van der Waals surface area contributed by atoms with Crippen molar-refractivity contribution in [3.05, 3.63) is 27.7 Å². The number of carbonyl (C=O) groups is 1. The number of rotatable bonds is 1. The lowest BCUT2D eigenvalue weighted by atomic mass is 10.1. The minimum atomic E-state index is -0.535. The molecule has 2 heterocycles. The molecule has 1 spiro atoms. The smallest absolute Gasteiger partial charge is 0.410 e. The molecule has 1 aliphatic heterocycles. The minimum Gasteiger partial charge on any atom is -0.444 e. The van der Waals surface area contributed by atoms with Gasteiger partial charge in [0.05, 0.1) is 15.5 Å². The summed E-state index contributed by atoms with van der Waals surface area (Å²) in [6, 6.07) is 3.04. The van der Waals surface area contributed by atoms with Crippen LogP contribution < -0.4 is 4.90 Å². The number of benzene rings is 1. The van der Waals surface area contributed by atoms with Crippen LogP contribution in [-0.2, 0) is 4.74 Å². The second-order valence-electron chi connectivity index (χ2n) is 8.38. The van der Waals surface area contributed by atoms with Crippen molar-refractivity contribution in [2.45, 2.75) is 44.8 Å². The Hall–Kier alpha value is -1.67. The van der Waals surface area contributed by atoms with Crippen molar-refractivity contribution in [2.24, 2.45) is 0 Å². The number of fused-ring (bicyclic) bond motifs is 1. The molecule has 0 atom stereocenters. The highest BCUT2D eigenvalue weighted by Gasteiger charge is 2.53. The zero-order valence-electron chi connectivity index (χ0n) is 15.9. The summed E-state index contributed by atoms with van der Waals surface area (Å²) >= 11 is 9.35. The molecule has 1 aliphatic carbocycles. The first-order valence-corrected chi connectivity index (χ1v) is 10.3. The Morgan fingerprint density at radius 1 is 1.29 bits per heavy atom. The zero-order chi connectivity index (χ0) is 20.3. The van der Waals surface area contributed by atoms with E-state index in [1.807, 2.05) is 20.8 Å². The van der Waals surface area contributed by atoms with E-state index in [1.165, 1.54) is 6.07 Å². The summed E-state index contributed by atoms with van der Waals surface area (Å²) in [6.07, 6.45) is 1.54. The fourth-order valence-electron chi connectivity index (χ4n) is 3.65. The average Bonchev–Trinajstić information content (AvgIpc) is 3.34. The van der Waals surface area contributed by atoms with Crippen LogP contribution in [0.4, 0.5) is 15.0 Å². The summed E-state index contributed by atoms with van der Waals surface area (Å²) in [4.78, 5) is 25.1. The van der Waals surface area contributed by atoms with Crippen LogP contribution in [0.25, 0.3) is 10.9 Å². The van der Waals surface area contributed by atoms with Gasteiger partial charge in [-0.3, -0.25) is 0 Å². The molecular formula is C19H21BrClFN4O2. The molecule has 0 N–H and O–H groups in total. The van der Waals surface area contributed by atoms with Gasteiger partial charge in [0, 0.05) is 25.0 Å². The van der Waals surface area contributed by atoms with Crippen molar-refractivity contribution >= 4 is 50.3 Å². The molecule has 0 radical (unpaired) electrons. The van der Waals surface area contributed by atoms with Crippen molar-refractivity contribution in [1.29, 1.82) is 0 Å². The van der Waals surface area contributed by atoms with E-state index in [0.717, 1.165) is 12.8 Å². The van der Waals surface area contributed by atoms with Crippen LogP contribution in [0.5, 0.6) is 0 Å². The monoisotopic (exact) mass is 470 g/mol. The number of hydrogen-bond donors (Lipinski definition) is 0. The number of piperazine rings is 1. The van der Waals surface area contributed by atoms with Crippen molar-refractivity contribution in [3.8, 4) is 0 Å². The lowest BCUT2D eigenvalue weighted by molar-refractivity contribution is 0.0205. The van der Waals surface area contributed by atoms with Gasteiger partial charge < -0.3 is 14.5 Å². The van der Waals surface area contributed by atoms with Crippen LogP contribution in [0, 0.1) is 5.82 Å². The molecule has 1 saturated heterocycles. The predicted molar refractivity (Wildman–Crippen MR) is 109 cm³/mol. The largest absolute Gasteiger partial charge is 0.444 e. The Morgan fingerprint density at radius 2 is 2.00 bits per heavy atom. The van der Waals surface area contributed by atoms with Gasteiger partial charge in [-0.05, 0) is 73.3 Å². The maximum absolute atomic E-state index is 14.2. The van der Waals surface area contributed by atoms with Gasteiger partial charge in [-0.15, -0.1) is 0 Å².